The Labute approximate surface area is 133 Å². The highest BCUT2D eigenvalue weighted by Crippen LogP contribution is 2.35. The number of benzene rings is 1. The van der Waals surface area contributed by atoms with Crippen LogP contribution in [0.5, 0.6) is 11.5 Å². The van der Waals surface area contributed by atoms with Crippen molar-refractivity contribution in [1.82, 2.24) is 9.55 Å². The van der Waals surface area contributed by atoms with Crippen LogP contribution in [0.1, 0.15) is 13.8 Å². The molecule has 0 fully saturated rings. The summed E-state index contributed by atoms with van der Waals surface area (Å²) < 4.78 is 13.3. The summed E-state index contributed by atoms with van der Waals surface area (Å²) in [4.78, 5) is 15.6. The Hall–Kier alpha value is -1.95. The van der Waals surface area contributed by atoms with Crippen LogP contribution in [0.15, 0.2) is 29.6 Å². The molecule has 0 saturated carbocycles. The SMILES string of the molecule is CCn1c(-c2ccc3c(c2)OCCO3)cnc1SCC(C)=O. The van der Waals surface area contributed by atoms with Crippen LogP contribution in [-0.4, -0.2) is 34.3 Å². The molecule has 2 aromatic rings. The van der Waals surface area contributed by atoms with Gasteiger partial charge in [-0.25, -0.2) is 4.98 Å². The number of ketones is 1. The predicted molar refractivity (Wildman–Crippen MR) is 85.7 cm³/mol. The monoisotopic (exact) mass is 318 g/mol. The fourth-order valence-corrected chi connectivity index (χ4v) is 3.22. The second-order valence-corrected chi connectivity index (χ2v) is 5.96. The molecule has 0 spiro atoms. The van der Waals surface area contributed by atoms with E-state index in [0.29, 0.717) is 19.0 Å². The van der Waals surface area contributed by atoms with Crippen LogP contribution >= 0.6 is 11.8 Å². The molecule has 0 amide bonds. The number of aromatic nitrogens is 2. The number of hydrogen-bond donors (Lipinski definition) is 0. The zero-order valence-corrected chi connectivity index (χ0v) is 13.5. The van der Waals surface area contributed by atoms with Crippen LogP contribution in [0, 0.1) is 0 Å². The summed E-state index contributed by atoms with van der Waals surface area (Å²) in [5, 5.41) is 0.864. The second-order valence-electron chi connectivity index (χ2n) is 5.02. The highest BCUT2D eigenvalue weighted by Gasteiger charge is 2.16. The zero-order chi connectivity index (χ0) is 15.5. The molecule has 2 heterocycles. The van der Waals surface area contributed by atoms with Crippen LogP contribution < -0.4 is 9.47 Å². The lowest BCUT2D eigenvalue weighted by Crippen LogP contribution is -2.15. The molecule has 0 N–H and O–H groups in total. The van der Waals surface area contributed by atoms with Gasteiger partial charge in [-0.2, -0.15) is 0 Å². The lowest BCUT2D eigenvalue weighted by Gasteiger charge is -2.19. The molecular weight excluding hydrogens is 300 g/mol. The highest BCUT2D eigenvalue weighted by atomic mass is 32.2. The van der Waals surface area contributed by atoms with E-state index < -0.39 is 0 Å². The number of carbonyl (C=O) groups excluding carboxylic acids is 1. The van der Waals surface area contributed by atoms with Crippen molar-refractivity contribution < 1.29 is 14.3 Å². The quantitative estimate of drug-likeness (QED) is 0.793. The second kappa shape index (κ2) is 6.44. The first-order valence-electron chi connectivity index (χ1n) is 7.27. The smallest absolute Gasteiger partial charge is 0.168 e. The minimum Gasteiger partial charge on any atom is -0.486 e. The van der Waals surface area contributed by atoms with Gasteiger partial charge < -0.3 is 14.0 Å². The Morgan fingerprint density at radius 2 is 2.09 bits per heavy atom. The van der Waals surface area contributed by atoms with Gasteiger partial charge in [-0.15, -0.1) is 0 Å². The van der Waals surface area contributed by atoms with E-state index in [-0.39, 0.29) is 5.78 Å². The predicted octanol–water partition coefficient (Wildman–Crippen LogP) is 3.02. The molecule has 5 nitrogen and oxygen atoms in total. The Morgan fingerprint density at radius 3 is 2.82 bits per heavy atom. The molecule has 0 atom stereocenters. The summed E-state index contributed by atoms with van der Waals surface area (Å²) in [6.45, 7) is 5.62. The number of Topliss-reactive ketones (excluding diaryl/α,β-unsaturated/α-hetero) is 1. The maximum absolute atomic E-state index is 11.2. The lowest BCUT2D eigenvalue weighted by molar-refractivity contribution is -0.114. The van der Waals surface area contributed by atoms with Gasteiger partial charge in [0.15, 0.2) is 16.7 Å². The van der Waals surface area contributed by atoms with Crippen LogP contribution in [-0.2, 0) is 11.3 Å². The summed E-state index contributed by atoms with van der Waals surface area (Å²) in [6, 6.07) is 5.92. The Balaban J connectivity index is 1.92. The van der Waals surface area contributed by atoms with Gasteiger partial charge in [0.05, 0.1) is 17.6 Å². The molecule has 0 unspecified atom stereocenters. The number of hydrogen-bond acceptors (Lipinski definition) is 5. The average Bonchev–Trinajstić information content (AvgIpc) is 2.95. The normalized spacial score (nSPS) is 13.2. The van der Waals surface area contributed by atoms with Gasteiger partial charge in [0.25, 0.3) is 0 Å². The van der Waals surface area contributed by atoms with E-state index in [1.165, 1.54) is 11.8 Å². The van der Waals surface area contributed by atoms with Crippen molar-refractivity contribution in [3.05, 3.63) is 24.4 Å². The first-order chi connectivity index (χ1) is 10.7. The Kier molecular flexibility index (Phi) is 4.38. The third-order valence-electron chi connectivity index (χ3n) is 3.38. The molecule has 0 bridgehead atoms. The highest BCUT2D eigenvalue weighted by molar-refractivity contribution is 7.99. The number of fused-ring (bicyclic) bond motifs is 1. The standard InChI is InChI=1S/C16H18N2O3S/c1-3-18-13(9-17-16(18)22-10-11(2)19)12-4-5-14-15(8-12)21-7-6-20-14/h4-5,8-9H,3,6-7,10H2,1-2H3. The van der Waals surface area contributed by atoms with Crippen LogP contribution in [0.25, 0.3) is 11.3 Å². The maximum Gasteiger partial charge on any atom is 0.168 e. The number of ether oxygens (including phenoxy) is 2. The summed E-state index contributed by atoms with van der Waals surface area (Å²) >= 11 is 1.47. The van der Waals surface area contributed by atoms with E-state index in [4.69, 9.17) is 9.47 Å². The van der Waals surface area contributed by atoms with Gasteiger partial charge in [0.2, 0.25) is 0 Å². The van der Waals surface area contributed by atoms with Gasteiger partial charge in [0.1, 0.15) is 19.0 Å². The van der Waals surface area contributed by atoms with Crippen LogP contribution in [0.4, 0.5) is 0 Å². The Bertz CT molecular complexity index is 697. The summed E-state index contributed by atoms with van der Waals surface area (Å²) in [5.74, 6) is 2.14. The third kappa shape index (κ3) is 2.97. The van der Waals surface area contributed by atoms with Crippen molar-refractivity contribution >= 4 is 17.5 Å². The minimum absolute atomic E-state index is 0.150. The number of rotatable bonds is 5. The van der Waals surface area contributed by atoms with Crippen molar-refractivity contribution in [2.24, 2.45) is 0 Å². The van der Waals surface area contributed by atoms with E-state index in [1.54, 1.807) is 6.92 Å². The zero-order valence-electron chi connectivity index (χ0n) is 12.7. The summed E-state index contributed by atoms with van der Waals surface area (Å²) in [7, 11) is 0. The van der Waals surface area contributed by atoms with Gasteiger partial charge in [-0.3, -0.25) is 4.79 Å². The fraction of sp³-hybridized carbons (Fsp3) is 0.375. The summed E-state index contributed by atoms with van der Waals surface area (Å²) in [5.41, 5.74) is 2.05. The van der Waals surface area contributed by atoms with Crippen molar-refractivity contribution in [2.45, 2.75) is 25.5 Å². The van der Waals surface area contributed by atoms with E-state index in [1.807, 2.05) is 24.4 Å². The minimum atomic E-state index is 0.150. The largest absolute Gasteiger partial charge is 0.486 e. The van der Waals surface area contributed by atoms with Gasteiger partial charge in [-0.1, -0.05) is 11.8 Å². The average molecular weight is 318 g/mol. The molecule has 6 heteroatoms. The lowest BCUT2D eigenvalue weighted by atomic mass is 10.1. The molecule has 3 rings (SSSR count). The van der Waals surface area contributed by atoms with Crippen molar-refractivity contribution in [3.8, 4) is 22.8 Å². The maximum atomic E-state index is 11.2. The topological polar surface area (TPSA) is 53.4 Å². The van der Waals surface area contributed by atoms with E-state index in [0.717, 1.165) is 34.5 Å². The van der Waals surface area contributed by atoms with E-state index in [2.05, 4.69) is 16.5 Å². The number of thioether (sulfide) groups is 1. The molecule has 22 heavy (non-hydrogen) atoms. The molecule has 1 aliphatic heterocycles. The van der Waals surface area contributed by atoms with Crippen LogP contribution in [0.2, 0.25) is 0 Å². The first-order valence-corrected chi connectivity index (χ1v) is 8.25. The van der Waals surface area contributed by atoms with E-state index >= 15 is 0 Å². The molecule has 1 aliphatic rings. The van der Waals surface area contributed by atoms with Crippen molar-refractivity contribution in [3.63, 3.8) is 0 Å². The number of carbonyl (C=O) groups is 1. The molecule has 1 aromatic heterocycles. The molecule has 1 aromatic carbocycles. The van der Waals surface area contributed by atoms with Crippen molar-refractivity contribution in [2.75, 3.05) is 19.0 Å². The molecule has 0 aliphatic carbocycles. The number of imidazole rings is 1. The van der Waals surface area contributed by atoms with Crippen molar-refractivity contribution in [1.29, 1.82) is 0 Å². The van der Waals surface area contributed by atoms with Gasteiger partial charge >= 0.3 is 0 Å². The van der Waals surface area contributed by atoms with E-state index in [9.17, 15) is 4.79 Å². The van der Waals surface area contributed by atoms with Gasteiger partial charge in [0, 0.05) is 12.1 Å². The summed E-state index contributed by atoms with van der Waals surface area (Å²) in [6.07, 6.45) is 1.84. The molecule has 0 radical (unpaired) electrons. The molecule has 0 saturated heterocycles. The van der Waals surface area contributed by atoms with Crippen LogP contribution in [0.3, 0.4) is 0 Å². The number of nitrogens with zero attached hydrogens (tertiary/aromatic N) is 2. The molecule has 116 valence electrons. The third-order valence-corrected chi connectivity index (χ3v) is 4.51. The first kappa shape index (κ1) is 15.0. The molecular formula is C16H18N2O3S. The van der Waals surface area contributed by atoms with Gasteiger partial charge in [-0.05, 0) is 32.0 Å². The Morgan fingerprint density at radius 1 is 1.32 bits per heavy atom. The fourth-order valence-electron chi connectivity index (χ4n) is 2.38.